The summed E-state index contributed by atoms with van der Waals surface area (Å²) in [5, 5.41) is 9.97. The number of hydrogen-bond acceptors (Lipinski definition) is 4. The second-order valence-electron chi connectivity index (χ2n) is 4.37. The monoisotopic (exact) mass is 333 g/mol. The summed E-state index contributed by atoms with van der Waals surface area (Å²) >= 11 is 5.71. The lowest BCUT2D eigenvalue weighted by molar-refractivity contribution is 0.154. The van der Waals surface area contributed by atoms with E-state index in [1.807, 2.05) is 0 Å². The van der Waals surface area contributed by atoms with Crippen LogP contribution in [0.3, 0.4) is 0 Å². The fourth-order valence-electron chi connectivity index (χ4n) is 1.70. The van der Waals surface area contributed by atoms with Gasteiger partial charge in [0.1, 0.15) is 17.7 Å². The molecule has 1 aromatic heterocycles. The van der Waals surface area contributed by atoms with E-state index in [1.54, 1.807) is 6.07 Å². The number of sulfonamides is 1. The van der Waals surface area contributed by atoms with Gasteiger partial charge >= 0.3 is 0 Å². The summed E-state index contributed by atoms with van der Waals surface area (Å²) in [6, 6.07) is 6.79. The number of aliphatic hydroxyl groups is 1. The van der Waals surface area contributed by atoms with Crippen LogP contribution in [0.25, 0.3) is 0 Å². The minimum absolute atomic E-state index is 0.0394. The molecule has 0 aliphatic rings. The largest absolute Gasteiger partial charge is 0.467 e. The van der Waals surface area contributed by atoms with Gasteiger partial charge in [-0.05, 0) is 30.3 Å². The molecule has 114 valence electrons. The SMILES string of the molecule is O=S(=O)(Cc1cc(Cl)ccc1F)NCC(O)c1ccco1. The van der Waals surface area contributed by atoms with E-state index in [0.29, 0.717) is 0 Å². The summed E-state index contributed by atoms with van der Waals surface area (Å²) in [5.74, 6) is -0.979. The van der Waals surface area contributed by atoms with Gasteiger partial charge in [0, 0.05) is 17.1 Å². The van der Waals surface area contributed by atoms with E-state index in [-0.39, 0.29) is 22.9 Å². The third-order valence-corrected chi connectivity index (χ3v) is 4.25. The highest BCUT2D eigenvalue weighted by atomic mass is 35.5. The molecule has 0 bridgehead atoms. The number of benzene rings is 1. The van der Waals surface area contributed by atoms with Crippen molar-refractivity contribution in [2.75, 3.05) is 6.54 Å². The zero-order valence-corrected chi connectivity index (χ0v) is 12.4. The van der Waals surface area contributed by atoms with Crippen LogP contribution in [0.5, 0.6) is 0 Å². The first-order valence-electron chi connectivity index (χ1n) is 6.00. The summed E-state index contributed by atoms with van der Waals surface area (Å²) in [5.41, 5.74) is -0.0394. The average molecular weight is 334 g/mol. The molecular weight excluding hydrogens is 321 g/mol. The fraction of sp³-hybridized carbons (Fsp3) is 0.231. The Morgan fingerprint density at radius 1 is 1.38 bits per heavy atom. The van der Waals surface area contributed by atoms with Crippen molar-refractivity contribution in [3.05, 3.63) is 58.8 Å². The van der Waals surface area contributed by atoms with Crippen LogP contribution in [0, 0.1) is 5.82 Å². The van der Waals surface area contributed by atoms with Crippen LogP contribution in [-0.2, 0) is 15.8 Å². The van der Waals surface area contributed by atoms with Gasteiger partial charge in [-0.2, -0.15) is 0 Å². The average Bonchev–Trinajstić information content (AvgIpc) is 2.94. The van der Waals surface area contributed by atoms with E-state index in [9.17, 15) is 17.9 Å². The Kier molecular flexibility index (Phi) is 5.00. The van der Waals surface area contributed by atoms with Crippen LogP contribution >= 0.6 is 11.6 Å². The quantitative estimate of drug-likeness (QED) is 0.849. The lowest BCUT2D eigenvalue weighted by atomic mass is 10.2. The van der Waals surface area contributed by atoms with E-state index in [2.05, 4.69) is 4.72 Å². The highest BCUT2D eigenvalue weighted by Gasteiger charge is 2.18. The van der Waals surface area contributed by atoms with Crippen molar-refractivity contribution in [3.63, 3.8) is 0 Å². The minimum Gasteiger partial charge on any atom is -0.467 e. The maximum absolute atomic E-state index is 13.5. The molecule has 2 rings (SSSR count). The summed E-state index contributed by atoms with van der Waals surface area (Å²) in [4.78, 5) is 0. The van der Waals surface area contributed by atoms with Gasteiger partial charge in [-0.15, -0.1) is 0 Å². The molecule has 0 aliphatic carbocycles. The highest BCUT2D eigenvalue weighted by Crippen LogP contribution is 2.17. The van der Waals surface area contributed by atoms with Crippen LogP contribution in [0.1, 0.15) is 17.4 Å². The van der Waals surface area contributed by atoms with Gasteiger partial charge in [0.05, 0.1) is 12.0 Å². The van der Waals surface area contributed by atoms with E-state index in [1.165, 1.54) is 24.5 Å². The third-order valence-electron chi connectivity index (χ3n) is 2.72. The fourth-order valence-corrected chi connectivity index (χ4v) is 3.04. The molecule has 2 aromatic rings. The lowest BCUT2D eigenvalue weighted by Gasteiger charge is -2.11. The molecule has 21 heavy (non-hydrogen) atoms. The Balaban J connectivity index is 2.00. The predicted molar refractivity (Wildman–Crippen MR) is 75.7 cm³/mol. The van der Waals surface area contributed by atoms with Crippen LogP contribution in [0.2, 0.25) is 5.02 Å². The first-order chi connectivity index (χ1) is 9.87. The van der Waals surface area contributed by atoms with Crippen LogP contribution in [-0.4, -0.2) is 20.1 Å². The van der Waals surface area contributed by atoms with Crippen molar-refractivity contribution in [1.29, 1.82) is 0 Å². The lowest BCUT2D eigenvalue weighted by Crippen LogP contribution is -2.29. The molecule has 5 nitrogen and oxygen atoms in total. The molecule has 0 spiro atoms. The van der Waals surface area contributed by atoms with Crippen molar-refractivity contribution in [2.45, 2.75) is 11.9 Å². The Morgan fingerprint density at radius 3 is 2.81 bits per heavy atom. The number of aliphatic hydroxyl groups excluding tert-OH is 1. The van der Waals surface area contributed by atoms with Gasteiger partial charge in [-0.25, -0.2) is 17.5 Å². The molecule has 8 heteroatoms. The van der Waals surface area contributed by atoms with Crippen LogP contribution in [0.4, 0.5) is 4.39 Å². The second kappa shape index (κ2) is 6.57. The molecule has 1 atom stereocenters. The van der Waals surface area contributed by atoms with Crippen molar-refractivity contribution >= 4 is 21.6 Å². The maximum atomic E-state index is 13.5. The van der Waals surface area contributed by atoms with Gasteiger partial charge in [-0.3, -0.25) is 0 Å². The van der Waals surface area contributed by atoms with Crippen LogP contribution in [0.15, 0.2) is 41.0 Å². The Hall–Kier alpha value is -1.41. The molecule has 0 radical (unpaired) electrons. The van der Waals surface area contributed by atoms with E-state index in [4.69, 9.17) is 16.0 Å². The first-order valence-corrected chi connectivity index (χ1v) is 8.03. The second-order valence-corrected chi connectivity index (χ2v) is 6.62. The highest BCUT2D eigenvalue weighted by molar-refractivity contribution is 7.88. The van der Waals surface area contributed by atoms with Crippen molar-refractivity contribution in [2.24, 2.45) is 0 Å². The molecule has 2 N–H and O–H groups in total. The topological polar surface area (TPSA) is 79.5 Å². The van der Waals surface area contributed by atoms with E-state index >= 15 is 0 Å². The van der Waals surface area contributed by atoms with Gasteiger partial charge in [-0.1, -0.05) is 11.6 Å². The Bertz CT molecular complexity index is 703. The molecule has 1 unspecified atom stereocenters. The number of furan rings is 1. The summed E-state index contributed by atoms with van der Waals surface area (Å²) in [7, 11) is -3.81. The Morgan fingerprint density at radius 2 is 2.14 bits per heavy atom. The minimum atomic E-state index is -3.81. The maximum Gasteiger partial charge on any atom is 0.215 e. The molecule has 0 fully saturated rings. The van der Waals surface area contributed by atoms with E-state index in [0.717, 1.165) is 6.07 Å². The standard InChI is InChI=1S/C13H13ClFNO4S/c14-10-3-4-11(15)9(6-10)8-21(18,19)16-7-12(17)13-2-1-5-20-13/h1-6,12,16-17H,7-8H2. The summed E-state index contributed by atoms with van der Waals surface area (Å²) in [6.45, 7) is -0.266. The molecule has 0 amide bonds. The molecule has 0 aliphatic heterocycles. The van der Waals surface area contributed by atoms with E-state index < -0.39 is 27.7 Å². The third kappa shape index (κ3) is 4.53. The zero-order valence-electron chi connectivity index (χ0n) is 10.8. The smallest absolute Gasteiger partial charge is 0.215 e. The Labute approximate surface area is 126 Å². The van der Waals surface area contributed by atoms with Crippen molar-refractivity contribution < 1.29 is 22.3 Å². The zero-order chi connectivity index (χ0) is 15.5. The van der Waals surface area contributed by atoms with Crippen molar-refractivity contribution in [3.8, 4) is 0 Å². The van der Waals surface area contributed by atoms with Crippen molar-refractivity contribution in [1.82, 2.24) is 4.72 Å². The number of rotatable bonds is 6. The molecule has 1 heterocycles. The van der Waals surface area contributed by atoms with Gasteiger partial charge < -0.3 is 9.52 Å². The van der Waals surface area contributed by atoms with Gasteiger partial charge in [0.15, 0.2) is 0 Å². The number of nitrogens with one attached hydrogen (secondary N) is 1. The summed E-state index contributed by atoms with van der Waals surface area (Å²) < 4.78 is 44.4. The molecular formula is C13H13ClFNO4S. The van der Waals surface area contributed by atoms with Gasteiger partial charge in [0.2, 0.25) is 10.0 Å². The van der Waals surface area contributed by atoms with Gasteiger partial charge in [0.25, 0.3) is 0 Å². The molecule has 0 saturated carbocycles. The molecule has 0 saturated heterocycles. The number of halogens is 2. The number of hydrogen-bond donors (Lipinski definition) is 2. The first kappa shape index (κ1) is 16.0. The summed E-state index contributed by atoms with van der Waals surface area (Å²) in [6.07, 6.45) is 0.257. The van der Waals surface area contributed by atoms with Crippen LogP contribution < -0.4 is 4.72 Å². The normalized spacial score (nSPS) is 13.3. The molecule has 1 aromatic carbocycles. The predicted octanol–water partition coefficient (Wildman–Crippen LogP) is 2.23.